The van der Waals surface area contributed by atoms with Crippen molar-refractivity contribution in [1.82, 2.24) is 15.0 Å². The molecule has 0 fully saturated rings. The Kier molecular flexibility index (Phi) is 8.88. The van der Waals surface area contributed by atoms with E-state index in [1.54, 1.807) is 0 Å². The SMILES string of the molecule is [O-]C1=C2c3cccc[cH+]c3/C1=C(\c1ccccc1)c1ccc([n-]1)[C+](c1ccccc1)c1ccc([n-]1)[C+](c1ccccc1)c1ccc([n-]1)[C+]2c1ccccc1.[Pd]. The number of rotatable bonds is 4. The van der Waals surface area contributed by atoms with Crippen LogP contribution in [0.3, 0.4) is 0 Å². The van der Waals surface area contributed by atoms with Gasteiger partial charge >= 0.3 is 0 Å². The van der Waals surface area contributed by atoms with Gasteiger partial charge in [-0.1, -0.05) is 47.4 Å². The summed E-state index contributed by atoms with van der Waals surface area (Å²) in [4.78, 5) is 16.1. The van der Waals surface area contributed by atoms with E-state index in [4.69, 9.17) is 15.0 Å². The normalized spacial score (nSPS) is 14.8. The van der Waals surface area contributed by atoms with Crippen molar-refractivity contribution in [1.29, 1.82) is 0 Å². The molecule has 0 unspecified atom stereocenters. The van der Waals surface area contributed by atoms with Crippen LogP contribution >= 0.6 is 0 Å². The number of fused-ring (bicyclic) bond motifs is 10. The number of aromatic nitrogens is 3. The molecule has 5 aromatic carbocycles. The van der Waals surface area contributed by atoms with Crippen molar-refractivity contribution in [2.45, 2.75) is 0 Å². The Morgan fingerprint density at radius 1 is 0.418 bits per heavy atom. The van der Waals surface area contributed by atoms with E-state index in [1.165, 1.54) is 0 Å². The Labute approximate surface area is 334 Å². The second kappa shape index (κ2) is 14.3. The molecule has 262 valence electrons. The minimum Gasteiger partial charge on any atom is -0.835 e. The van der Waals surface area contributed by atoms with Gasteiger partial charge < -0.3 is 20.1 Å². The topological polar surface area (TPSA) is 65.4 Å². The number of hydrogen-bond acceptors (Lipinski definition) is 1. The first-order valence-corrected chi connectivity index (χ1v) is 18.1. The Hall–Kier alpha value is -6.64. The van der Waals surface area contributed by atoms with E-state index in [-0.39, 0.29) is 26.2 Å². The van der Waals surface area contributed by atoms with E-state index in [1.807, 2.05) is 103 Å². The summed E-state index contributed by atoms with van der Waals surface area (Å²) in [6, 6.07) is 63.3. The fourth-order valence-electron chi connectivity index (χ4n) is 7.89. The second-order valence-corrected chi connectivity index (χ2v) is 13.4. The van der Waals surface area contributed by atoms with Crippen LogP contribution in [0.1, 0.15) is 67.5 Å². The van der Waals surface area contributed by atoms with E-state index < -0.39 is 0 Å². The quantitative estimate of drug-likeness (QED) is 0.132. The van der Waals surface area contributed by atoms with Gasteiger partial charge in [0.2, 0.25) is 0 Å². The van der Waals surface area contributed by atoms with Crippen molar-refractivity contribution >= 4 is 16.7 Å². The number of allylic oxidation sites excluding steroid dienone is 2. The molecule has 0 atom stereocenters. The largest absolute Gasteiger partial charge is 0.835 e. The van der Waals surface area contributed by atoms with Gasteiger partial charge in [0, 0.05) is 116 Å². The maximum absolute atomic E-state index is 15.5. The molecule has 8 aromatic rings. The molecule has 4 nitrogen and oxygen atoms in total. The van der Waals surface area contributed by atoms with Gasteiger partial charge in [-0.15, -0.1) is 5.69 Å². The summed E-state index contributed by atoms with van der Waals surface area (Å²) in [5.74, 6) is 2.55. The molecule has 1 aliphatic carbocycles. The predicted molar refractivity (Wildman–Crippen MR) is 211 cm³/mol. The predicted octanol–water partition coefficient (Wildman–Crippen LogP) is 8.90. The monoisotopic (exact) mass is 795 g/mol. The summed E-state index contributed by atoms with van der Waals surface area (Å²) in [6.45, 7) is 0. The van der Waals surface area contributed by atoms with Gasteiger partial charge in [-0.25, -0.2) is 0 Å². The summed E-state index contributed by atoms with van der Waals surface area (Å²) in [5, 5.41) is 15.5. The Morgan fingerprint density at radius 3 is 1.40 bits per heavy atom. The van der Waals surface area contributed by atoms with E-state index in [0.29, 0.717) is 11.1 Å². The Balaban J connectivity index is 0.00000397. The zero-order valence-electron chi connectivity index (χ0n) is 29.5. The molecular formula is C50H31N3OPd. The van der Waals surface area contributed by atoms with Crippen LogP contribution in [0.4, 0.5) is 0 Å². The zero-order chi connectivity index (χ0) is 36.0. The molecule has 0 saturated heterocycles. The van der Waals surface area contributed by atoms with Crippen LogP contribution in [-0.2, 0) is 20.4 Å². The molecule has 0 radical (unpaired) electrons. The maximum atomic E-state index is 15.5. The van der Waals surface area contributed by atoms with E-state index >= 15 is 5.11 Å². The van der Waals surface area contributed by atoms with E-state index in [2.05, 4.69) is 84.9 Å². The average Bonchev–Trinajstić information content (AvgIpc) is 4.02. The maximum Gasteiger partial charge on any atom is 0.105 e. The molecule has 2 aliphatic rings. The standard InChI is InChI=1S/C50H31N3O.Pd/c54-50-48-36-24-14-5-15-25-37(36)49(50)47(35-22-12-4-13-23-35)43-31-29-41(53-43)45(33-18-8-2-9-19-33)39-27-26-38(51-39)44(32-16-6-1-7-17-32)40-28-30-42(52-40)46(48)34-20-10-3-11-21-34;/h1-31H;/b48-46-;. The van der Waals surface area contributed by atoms with Crippen molar-refractivity contribution in [3.05, 3.63) is 279 Å². The van der Waals surface area contributed by atoms with Gasteiger partial charge in [0.1, 0.15) is 5.56 Å². The van der Waals surface area contributed by atoms with Gasteiger partial charge in [0.05, 0.1) is 33.4 Å². The van der Waals surface area contributed by atoms with Crippen LogP contribution in [0.15, 0.2) is 194 Å². The summed E-state index contributed by atoms with van der Waals surface area (Å²) in [7, 11) is 0. The second-order valence-electron chi connectivity index (χ2n) is 13.4. The summed E-state index contributed by atoms with van der Waals surface area (Å²) in [5.41, 5.74) is 12.2. The molecule has 0 N–H and O–H groups in total. The molecule has 10 rings (SSSR count). The van der Waals surface area contributed by atoms with Gasteiger partial charge in [0.25, 0.3) is 0 Å². The first-order chi connectivity index (χ1) is 26.7. The van der Waals surface area contributed by atoms with Crippen LogP contribution in [0.2, 0.25) is 0 Å². The zero-order valence-corrected chi connectivity index (χ0v) is 31.0. The van der Waals surface area contributed by atoms with Crippen LogP contribution < -0.4 is 20.1 Å². The van der Waals surface area contributed by atoms with E-state index in [9.17, 15) is 0 Å². The third-order valence-corrected chi connectivity index (χ3v) is 10.2. The fourth-order valence-corrected chi connectivity index (χ4v) is 7.89. The Bertz CT molecular complexity index is 2680. The smallest absolute Gasteiger partial charge is 0.105 e. The van der Waals surface area contributed by atoms with Crippen LogP contribution in [0, 0.1) is 17.8 Å². The van der Waals surface area contributed by atoms with Crippen molar-refractivity contribution in [3.8, 4) is 0 Å². The molecule has 8 bridgehead atoms. The van der Waals surface area contributed by atoms with Crippen LogP contribution in [0.5, 0.6) is 0 Å². The molecule has 0 amide bonds. The minimum atomic E-state index is -0.0601. The van der Waals surface area contributed by atoms with Crippen LogP contribution in [-0.4, -0.2) is 0 Å². The molecular weight excluding hydrogens is 765 g/mol. The minimum absolute atomic E-state index is 0. The summed E-state index contributed by atoms with van der Waals surface area (Å²) >= 11 is 0. The molecule has 4 heterocycles. The molecule has 3 aromatic heterocycles. The summed E-state index contributed by atoms with van der Waals surface area (Å²) in [6.07, 6.45) is 0. The molecule has 0 spiro atoms. The van der Waals surface area contributed by atoms with E-state index in [0.717, 1.165) is 90.9 Å². The van der Waals surface area contributed by atoms with Gasteiger partial charge in [-0.05, 0) is 108 Å². The molecule has 1 aliphatic heterocycles. The fraction of sp³-hybridized carbons (Fsp3) is 0. The third kappa shape index (κ3) is 5.91. The number of hydrogen-bond donors (Lipinski definition) is 0. The summed E-state index contributed by atoms with van der Waals surface area (Å²) < 4.78 is 0. The van der Waals surface area contributed by atoms with Crippen molar-refractivity contribution < 1.29 is 25.5 Å². The van der Waals surface area contributed by atoms with Gasteiger partial charge in [-0.3, -0.25) is 0 Å². The molecule has 0 saturated carbocycles. The van der Waals surface area contributed by atoms with Gasteiger partial charge in [0.15, 0.2) is 0 Å². The van der Waals surface area contributed by atoms with Crippen molar-refractivity contribution in [3.63, 3.8) is 0 Å². The van der Waals surface area contributed by atoms with Crippen molar-refractivity contribution in [2.24, 2.45) is 0 Å². The number of benzene rings is 4. The van der Waals surface area contributed by atoms with Crippen molar-refractivity contribution in [2.75, 3.05) is 0 Å². The Morgan fingerprint density at radius 2 is 0.855 bits per heavy atom. The number of nitrogens with zero attached hydrogens (tertiary/aromatic N) is 3. The molecule has 5 heteroatoms. The average molecular weight is 796 g/mol. The van der Waals surface area contributed by atoms with Gasteiger partial charge in [-0.2, -0.15) is 0 Å². The molecule has 55 heavy (non-hydrogen) atoms. The first kappa shape index (κ1) is 34.2. The third-order valence-electron chi connectivity index (χ3n) is 10.2. The first-order valence-electron chi connectivity index (χ1n) is 18.1. The van der Waals surface area contributed by atoms with Crippen LogP contribution in [0.25, 0.3) is 16.7 Å².